The van der Waals surface area contributed by atoms with Crippen molar-refractivity contribution in [1.82, 2.24) is 19.7 Å². The fraction of sp³-hybridized carbons (Fsp3) is 0.400. The van der Waals surface area contributed by atoms with Crippen molar-refractivity contribution in [1.29, 1.82) is 0 Å². The van der Waals surface area contributed by atoms with Gasteiger partial charge in [0.2, 0.25) is 11.9 Å². The van der Waals surface area contributed by atoms with Crippen molar-refractivity contribution in [3.8, 4) is 0 Å². The number of morpholine rings is 1. The van der Waals surface area contributed by atoms with Gasteiger partial charge in [0.15, 0.2) is 5.16 Å². The monoisotopic (exact) mass is 481 g/mol. The van der Waals surface area contributed by atoms with Gasteiger partial charge in [-0.25, -0.2) is 0 Å². The van der Waals surface area contributed by atoms with Gasteiger partial charge in [-0.3, -0.25) is 9.36 Å². The molecule has 1 aliphatic rings. The number of hydrogen-bond donors (Lipinski definition) is 0. The molecule has 9 heteroatoms. The third-order valence-electron chi connectivity index (χ3n) is 5.63. The van der Waals surface area contributed by atoms with E-state index in [1.165, 1.54) is 11.8 Å². The number of carbonyl (C=O) groups excluding carboxylic acids is 1. The maximum atomic E-state index is 13.2. The van der Waals surface area contributed by atoms with E-state index in [9.17, 15) is 4.79 Å². The van der Waals surface area contributed by atoms with Crippen molar-refractivity contribution in [3.63, 3.8) is 0 Å². The number of benzene rings is 2. The van der Waals surface area contributed by atoms with Crippen LogP contribution in [0.15, 0.2) is 65.8 Å². The summed E-state index contributed by atoms with van der Waals surface area (Å²) in [5.41, 5.74) is 2.26. The normalized spacial score (nSPS) is 13.7. The van der Waals surface area contributed by atoms with Crippen LogP contribution in [0.5, 0.6) is 0 Å². The number of thioether (sulfide) groups is 1. The van der Waals surface area contributed by atoms with Gasteiger partial charge in [-0.05, 0) is 11.1 Å². The highest BCUT2D eigenvalue weighted by atomic mass is 32.2. The maximum Gasteiger partial charge on any atom is 0.233 e. The van der Waals surface area contributed by atoms with Crippen LogP contribution in [-0.2, 0) is 27.4 Å². The maximum absolute atomic E-state index is 13.2. The predicted molar refractivity (Wildman–Crippen MR) is 133 cm³/mol. The standard InChI is InChI=1S/C25H31N5O3S/c1-32-15-12-29(18-21-8-4-2-5-9-21)23(31)20-34-25-27-26-24(28-13-16-33-17-14-28)30(25)19-22-10-6-3-7-11-22/h2-11H,12-20H2,1H3. The third-order valence-corrected chi connectivity index (χ3v) is 6.59. The van der Waals surface area contributed by atoms with Gasteiger partial charge in [0, 0.05) is 33.3 Å². The molecule has 180 valence electrons. The van der Waals surface area contributed by atoms with Crippen molar-refractivity contribution in [2.75, 3.05) is 57.2 Å². The number of amides is 1. The minimum absolute atomic E-state index is 0.0492. The van der Waals surface area contributed by atoms with E-state index in [0.29, 0.717) is 39.5 Å². The fourth-order valence-corrected chi connectivity index (χ4v) is 4.64. The Hall–Kier alpha value is -2.88. The van der Waals surface area contributed by atoms with Crippen LogP contribution >= 0.6 is 11.8 Å². The average Bonchev–Trinajstić information content (AvgIpc) is 3.29. The van der Waals surface area contributed by atoms with E-state index in [1.54, 1.807) is 7.11 Å². The topological polar surface area (TPSA) is 72.7 Å². The van der Waals surface area contributed by atoms with Gasteiger partial charge in [-0.1, -0.05) is 72.4 Å². The molecule has 0 unspecified atom stereocenters. The quantitative estimate of drug-likeness (QED) is 0.390. The van der Waals surface area contributed by atoms with Crippen LogP contribution in [0.25, 0.3) is 0 Å². The first kappa shape index (κ1) is 24.3. The molecular formula is C25H31N5O3S. The molecule has 0 bridgehead atoms. The summed E-state index contributed by atoms with van der Waals surface area (Å²) >= 11 is 1.43. The summed E-state index contributed by atoms with van der Waals surface area (Å²) in [4.78, 5) is 17.2. The first-order valence-electron chi connectivity index (χ1n) is 11.5. The van der Waals surface area contributed by atoms with Gasteiger partial charge in [-0.2, -0.15) is 0 Å². The highest BCUT2D eigenvalue weighted by Crippen LogP contribution is 2.25. The zero-order valence-electron chi connectivity index (χ0n) is 19.5. The largest absolute Gasteiger partial charge is 0.383 e. The van der Waals surface area contributed by atoms with Crippen molar-refractivity contribution >= 4 is 23.6 Å². The summed E-state index contributed by atoms with van der Waals surface area (Å²) in [6.07, 6.45) is 0. The van der Waals surface area contributed by atoms with E-state index in [-0.39, 0.29) is 11.7 Å². The highest BCUT2D eigenvalue weighted by molar-refractivity contribution is 7.99. The fourth-order valence-electron chi connectivity index (χ4n) is 3.80. The molecular weight excluding hydrogens is 450 g/mol. The van der Waals surface area contributed by atoms with Gasteiger partial charge in [0.1, 0.15) is 0 Å². The Kier molecular flexibility index (Phi) is 8.95. The minimum Gasteiger partial charge on any atom is -0.383 e. The van der Waals surface area contributed by atoms with Crippen molar-refractivity contribution < 1.29 is 14.3 Å². The first-order valence-corrected chi connectivity index (χ1v) is 12.5. The van der Waals surface area contributed by atoms with Crippen LogP contribution in [0.3, 0.4) is 0 Å². The summed E-state index contributed by atoms with van der Waals surface area (Å²) in [5, 5.41) is 9.70. The van der Waals surface area contributed by atoms with E-state index < -0.39 is 0 Å². The zero-order chi connectivity index (χ0) is 23.6. The molecule has 1 fully saturated rings. The Bertz CT molecular complexity index is 1030. The summed E-state index contributed by atoms with van der Waals surface area (Å²) in [6, 6.07) is 20.3. The summed E-state index contributed by atoms with van der Waals surface area (Å²) < 4.78 is 12.9. The lowest BCUT2D eigenvalue weighted by Gasteiger charge is -2.28. The number of hydrogen-bond acceptors (Lipinski definition) is 7. The van der Waals surface area contributed by atoms with Gasteiger partial charge < -0.3 is 19.3 Å². The second-order valence-electron chi connectivity index (χ2n) is 8.04. The summed E-state index contributed by atoms with van der Waals surface area (Å²) in [7, 11) is 1.65. The highest BCUT2D eigenvalue weighted by Gasteiger charge is 2.22. The van der Waals surface area contributed by atoms with E-state index in [2.05, 4.69) is 31.8 Å². The average molecular weight is 482 g/mol. The lowest BCUT2D eigenvalue weighted by Crippen LogP contribution is -2.38. The molecule has 4 rings (SSSR count). The SMILES string of the molecule is COCCN(Cc1ccccc1)C(=O)CSc1nnc(N2CCOCC2)n1Cc1ccccc1. The number of methoxy groups -OCH3 is 1. The smallest absolute Gasteiger partial charge is 0.233 e. The minimum atomic E-state index is 0.0492. The van der Waals surface area contributed by atoms with E-state index in [4.69, 9.17) is 9.47 Å². The van der Waals surface area contributed by atoms with Crippen LogP contribution in [0.4, 0.5) is 5.95 Å². The van der Waals surface area contributed by atoms with Crippen LogP contribution in [0.2, 0.25) is 0 Å². The molecule has 8 nitrogen and oxygen atoms in total. The second kappa shape index (κ2) is 12.5. The van der Waals surface area contributed by atoms with Crippen LogP contribution in [0.1, 0.15) is 11.1 Å². The second-order valence-corrected chi connectivity index (χ2v) is 8.98. The number of anilines is 1. The molecule has 0 saturated carbocycles. The molecule has 34 heavy (non-hydrogen) atoms. The van der Waals surface area contributed by atoms with Gasteiger partial charge in [-0.15, -0.1) is 10.2 Å². The third kappa shape index (κ3) is 6.59. The first-order chi connectivity index (χ1) is 16.7. The Labute approximate surface area is 204 Å². The molecule has 2 aromatic carbocycles. The number of ether oxygens (including phenoxy) is 2. The molecule has 0 atom stereocenters. The van der Waals surface area contributed by atoms with E-state index in [0.717, 1.165) is 35.3 Å². The molecule has 1 saturated heterocycles. The molecule has 1 aliphatic heterocycles. The molecule has 3 aromatic rings. The zero-order valence-corrected chi connectivity index (χ0v) is 20.3. The lowest BCUT2D eigenvalue weighted by molar-refractivity contribution is -0.129. The number of aromatic nitrogens is 3. The van der Waals surface area contributed by atoms with Crippen LogP contribution in [0, 0.1) is 0 Å². The molecule has 1 aromatic heterocycles. The van der Waals surface area contributed by atoms with Crippen LogP contribution in [-0.4, -0.2) is 77.9 Å². The summed E-state index contributed by atoms with van der Waals surface area (Å²) in [6.45, 7) is 5.14. The number of rotatable bonds is 11. The van der Waals surface area contributed by atoms with Gasteiger partial charge in [0.05, 0.1) is 32.1 Å². The molecule has 1 amide bonds. The van der Waals surface area contributed by atoms with Gasteiger partial charge in [0.25, 0.3) is 0 Å². The molecule has 0 radical (unpaired) electrons. The van der Waals surface area contributed by atoms with E-state index >= 15 is 0 Å². The lowest BCUT2D eigenvalue weighted by atomic mass is 10.2. The van der Waals surface area contributed by atoms with Gasteiger partial charge >= 0.3 is 0 Å². The predicted octanol–water partition coefficient (Wildman–Crippen LogP) is 2.93. The Balaban J connectivity index is 1.48. The van der Waals surface area contributed by atoms with Crippen molar-refractivity contribution in [2.45, 2.75) is 18.2 Å². The van der Waals surface area contributed by atoms with Crippen molar-refractivity contribution in [3.05, 3.63) is 71.8 Å². The Morgan fingerprint density at radius 2 is 1.71 bits per heavy atom. The van der Waals surface area contributed by atoms with Crippen LogP contribution < -0.4 is 4.90 Å². The van der Waals surface area contributed by atoms with Crippen molar-refractivity contribution in [2.24, 2.45) is 0 Å². The Morgan fingerprint density at radius 1 is 1.03 bits per heavy atom. The molecule has 0 aliphatic carbocycles. The number of carbonyl (C=O) groups is 1. The Morgan fingerprint density at radius 3 is 2.38 bits per heavy atom. The van der Waals surface area contributed by atoms with E-state index in [1.807, 2.05) is 53.4 Å². The molecule has 0 spiro atoms. The molecule has 0 N–H and O–H groups in total. The molecule has 2 heterocycles. The summed E-state index contributed by atoms with van der Waals surface area (Å²) in [5.74, 6) is 1.16. The number of nitrogens with zero attached hydrogens (tertiary/aromatic N) is 5.